The molecule has 0 bridgehead atoms. The number of aromatic nitrogens is 1. The summed E-state index contributed by atoms with van der Waals surface area (Å²) >= 11 is 0. The van der Waals surface area contributed by atoms with Gasteiger partial charge in [0.15, 0.2) is 11.5 Å². The Bertz CT molecular complexity index is 932. The lowest BCUT2D eigenvalue weighted by molar-refractivity contribution is 0.0931. The second kappa shape index (κ2) is 7.99. The molecular weight excluding hydrogens is 340 g/mol. The molecule has 0 fully saturated rings. The number of hydrogen-bond acceptors (Lipinski definition) is 3. The molecule has 0 aliphatic heterocycles. The zero-order chi connectivity index (χ0) is 19.4. The van der Waals surface area contributed by atoms with E-state index in [1.807, 2.05) is 79.3 Å². The van der Waals surface area contributed by atoms with Gasteiger partial charge in [-0.05, 0) is 36.2 Å². The topological polar surface area (TPSA) is 52.5 Å². The monoisotopic (exact) mass is 364 g/mol. The molecule has 2 aromatic carbocycles. The number of aryl methyl sites for hydroxylation is 1. The number of amides is 1. The summed E-state index contributed by atoms with van der Waals surface area (Å²) in [5.41, 5.74) is 3.65. The number of ether oxygens (including phenoxy) is 2. The molecule has 0 aliphatic carbocycles. The van der Waals surface area contributed by atoms with E-state index in [0.717, 1.165) is 16.7 Å². The van der Waals surface area contributed by atoms with Crippen molar-refractivity contribution in [3.8, 4) is 22.6 Å². The summed E-state index contributed by atoms with van der Waals surface area (Å²) < 4.78 is 12.5. The third kappa shape index (κ3) is 3.97. The SMILES string of the molecule is COc1ccc([C@H](C)NC(=O)c2cc(-c3ccccc3)cn2C)cc1OC. The van der Waals surface area contributed by atoms with Crippen LogP contribution in [0, 0.1) is 0 Å². The molecule has 3 aromatic rings. The predicted molar refractivity (Wildman–Crippen MR) is 106 cm³/mol. The van der Waals surface area contributed by atoms with E-state index in [-0.39, 0.29) is 11.9 Å². The third-order valence-electron chi connectivity index (χ3n) is 4.60. The number of nitrogens with one attached hydrogen (secondary N) is 1. The van der Waals surface area contributed by atoms with Gasteiger partial charge >= 0.3 is 0 Å². The molecule has 5 heteroatoms. The van der Waals surface area contributed by atoms with Gasteiger partial charge in [0.2, 0.25) is 0 Å². The van der Waals surface area contributed by atoms with E-state index < -0.39 is 0 Å². The van der Waals surface area contributed by atoms with Crippen LogP contribution in [0.25, 0.3) is 11.1 Å². The average Bonchev–Trinajstić information content (AvgIpc) is 3.09. The lowest BCUT2D eigenvalue weighted by atomic mass is 10.1. The molecule has 0 aliphatic rings. The van der Waals surface area contributed by atoms with Crippen molar-refractivity contribution in [1.82, 2.24) is 9.88 Å². The molecule has 1 atom stereocenters. The Morgan fingerprint density at radius 3 is 2.33 bits per heavy atom. The van der Waals surface area contributed by atoms with E-state index in [2.05, 4.69) is 5.32 Å². The maximum absolute atomic E-state index is 12.8. The maximum Gasteiger partial charge on any atom is 0.268 e. The third-order valence-corrected chi connectivity index (χ3v) is 4.60. The number of rotatable bonds is 6. The first-order valence-electron chi connectivity index (χ1n) is 8.78. The Morgan fingerprint density at radius 1 is 0.963 bits per heavy atom. The molecule has 1 aromatic heterocycles. The lowest BCUT2D eigenvalue weighted by Crippen LogP contribution is -2.28. The summed E-state index contributed by atoms with van der Waals surface area (Å²) in [7, 11) is 5.07. The van der Waals surface area contributed by atoms with Gasteiger partial charge in [-0.15, -0.1) is 0 Å². The summed E-state index contributed by atoms with van der Waals surface area (Å²) in [5, 5.41) is 3.05. The van der Waals surface area contributed by atoms with Crippen LogP contribution in [-0.4, -0.2) is 24.7 Å². The van der Waals surface area contributed by atoms with E-state index in [4.69, 9.17) is 9.47 Å². The molecule has 0 unspecified atom stereocenters. The van der Waals surface area contributed by atoms with Crippen LogP contribution < -0.4 is 14.8 Å². The molecule has 27 heavy (non-hydrogen) atoms. The Labute approximate surface area is 159 Å². The predicted octanol–water partition coefficient (Wildman–Crippen LogP) is 4.20. The number of carbonyl (C=O) groups excluding carboxylic acids is 1. The summed E-state index contributed by atoms with van der Waals surface area (Å²) in [4.78, 5) is 12.8. The molecule has 1 amide bonds. The molecule has 0 saturated carbocycles. The summed E-state index contributed by atoms with van der Waals surface area (Å²) in [5.74, 6) is 1.18. The van der Waals surface area contributed by atoms with Crippen LogP contribution in [0.3, 0.4) is 0 Å². The van der Waals surface area contributed by atoms with Crippen LogP contribution in [0.1, 0.15) is 29.0 Å². The number of hydrogen-bond donors (Lipinski definition) is 1. The van der Waals surface area contributed by atoms with Gasteiger partial charge in [-0.25, -0.2) is 0 Å². The van der Waals surface area contributed by atoms with Gasteiger partial charge in [0, 0.05) is 18.8 Å². The van der Waals surface area contributed by atoms with Crippen LogP contribution in [0.5, 0.6) is 11.5 Å². The second-order valence-electron chi connectivity index (χ2n) is 6.40. The summed E-state index contributed by atoms with van der Waals surface area (Å²) in [6.45, 7) is 1.94. The highest BCUT2D eigenvalue weighted by Crippen LogP contribution is 2.30. The molecule has 0 spiro atoms. The highest BCUT2D eigenvalue weighted by Gasteiger charge is 2.17. The first-order valence-corrected chi connectivity index (χ1v) is 8.78. The van der Waals surface area contributed by atoms with Crippen molar-refractivity contribution in [3.63, 3.8) is 0 Å². The van der Waals surface area contributed by atoms with Gasteiger partial charge in [0.25, 0.3) is 5.91 Å². The van der Waals surface area contributed by atoms with Crippen molar-refractivity contribution in [3.05, 3.63) is 72.1 Å². The average molecular weight is 364 g/mol. The van der Waals surface area contributed by atoms with E-state index >= 15 is 0 Å². The largest absolute Gasteiger partial charge is 0.493 e. The highest BCUT2D eigenvalue weighted by molar-refractivity contribution is 5.94. The maximum atomic E-state index is 12.8. The van der Waals surface area contributed by atoms with Crippen molar-refractivity contribution in [2.75, 3.05) is 14.2 Å². The van der Waals surface area contributed by atoms with Crippen LogP contribution in [0.15, 0.2) is 60.8 Å². The minimum Gasteiger partial charge on any atom is -0.493 e. The van der Waals surface area contributed by atoms with Crippen molar-refractivity contribution in [2.24, 2.45) is 7.05 Å². The molecule has 140 valence electrons. The molecule has 1 heterocycles. The summed E-state index contributed by atoms with van der Waals surface area (Å²) in [6.07, 6.45) is 1.96. The van der Waals surface area contributed by atoms with Crippen molar-refractivity contribution in [2.45, 2.75) is 13.0 Å². The van der Waals surface area contributed by atoms with Gasteiger partial charge in [-0.3, -0.25) is 4.79 Å². The van der Waals surface area contributed by atoms with E-state index in [9.17, 15) is 4.79 Å². The van der Waals surface area contributed by atoms with Crippen LogP contribution in [0.2, 0.25) is 0 Å². The van der Waals surface area contributed by atoms with Crippen LogP contribution in [0.4, 0.5) is 0 Å². The molecule has 0 radical (unpaired) electrons. The highest BCUT2D eigenvalue weighted by atomic mass is 16.5. The number of carbonyl (C=O) groups is 1. The van der Waals surface area contributed by atoms with E-state index in [0.29, 0.717) is 17.2 Å². The van der Waals surface area contributed by atoms with E-state index in [1.54, 1.807) is 14.2 Å². The first-order chi connectivity index (χ1) is 13.0. The normalized spacial score (nSPS) is 11.7. The Morgan fingerprint density at radius 2 is 1.67 bits per heavy atom. The van der Waals surface area contributed by atoms with Gasteiger partial charge in [0.1, 0.15) is 5.69 Å². The number of nitrogens with zero attached hydrogens (tertiary/aromatic N) is 1. The Balaban J connectivity index is 1.78. The van der Waals surface area contributed by atoms with Crippen LogP contribution in [-0.2, 0) is 7.05 Å². The zero-order valence-electron chi connectivity index (χ0n) is 16.0. The second-order valence-corrected chi connectivity index (χ2v) is 6.40. The zero-order valence-corrected chi connectivity index (χ0v) is 16.0. The molecular formula is C22H24N2O3. The Kier molecular flexibility index (Phi) is 5.50. The quantitative estimate of drug-likeness (QED) is 0.713. The van der Waals surface area contributed by atoms with E-state index in [1.165, 1.54) is 0 Å². The Hall–Kier alpha value is -3.21. The fourth-order valence-electron chi connectivity index (χ4n) is 3.05. The minimum atomic E-state index is -0.174. The minimum absolute atomic E-state index is 0.123. The number of benzene rings is 2. The molecule has 5 nitrogen and oxygen atoms in total. The smallest absolute Gasteiger partial charge is 0.268 e. The molecule has 0 saturated heterocycles. The molecule has 1 N–H and O–H groups in total. The molecule has 3 rings (SSSR count). The van der Waals surface area contributed by atoms with Gasteiger partial charge in [-0.1, -0.05) is 36.4 Å². The van der Waals surface area contributed by atoms with Crippen molar-refractivity contribution in [1.29, 1.82) is 0 Å². The first kappa shape index (κ1) is 18.6. The van der Waals surface area contributed by atoms with Crippen molar-refractivity contribution < 1.29 is 14.3 Å². The van der Waals surface area contributed by atoms with Crippen LogP contribution >= 0.6 is 0 Å². The van der Waals surface area contributed by atoms with Gasteiger partial charge in [-0.2, -0.15) is 0 Å². The van der Waals surface area contributed by atoms with Gasteiger partial charge in [0.05, 0.1) is 20.3 Å². The van der Waals surface area contributed by atoms with Gasteiger partial charge < -0.3 is 19.4 Å². The summed E-state index contributed by atoms with van der Waals surface area (Å²) in [6, 6.07) is 17.4. The lowest BCUT2D eigenvalue weighted by Gasteiger charge is -2.16. The number of methoxy groups -OCH3 is 2. The fourth-order valence-corrected chi connectivity index (χ4v) is 3.05. The fraction of sp³-hybridized carbons (Fsp3) is 0.227. The van der Waals surface area contributed by atoms with Crippen molar-refractivity contribution >= 4 is 5.91 Å². The standard InChI is InChI=1S/C22H24N2O3/c1-15(17-10-11-20(26-3)21(13-17)27-4)23-22(25)19-12-18(14-24(19)2)16-8-6-5-7-9-16/h5-15H,1-4H3,(H,23,25)/t15-/m0/s1.